The number of nitrogens with one attached hydrogen (secondary N) is 2. The van der Waals surface area contributed by atoms with Crippen LogP contribution in [0.4, 0.5) is 4.79 Å². The van der Waals surface area contributed by atoms with Gasteiger partial charge in [0.1, 0.15) is 28.1 Å². The second kappa shape index (κ2) is 12.8. The Bertz CT molecular complexity index is 1610. The molecule has 0 radical (unpaired) electrons. The fourth-order valence-corrected chi connectivity index (χ4v) is 6.75. The molecule has 0 aromatic carbocycles. The van der Waals surface area contributed by atoms with Gasteiger partial charge in [-0.25, -0.2) is 9.78 Å². The first-order valence-electron chi connectivity index (χ1n) is 16.1. The second-order valence-corrected chi connectivity index (χ2v) is 14.7. The number of nitrogens with zero attached hydrogens (tertiary/aromatic N) is 5. The monoisotopic (exact) mass is 653 g/mol. The number of likely N-dealkylation sites (tertiary alicyclic amines) is 1. The van der Waals surface area contributed by atoms with Gasteiger partial charge >= 0.3 is 6.09 Å². The van der Waals surface area contributed by atoms with Crippen molar-refractivity contribution in [3.05, 3.63) is 23.2 Å². The largest absolute Gasteiger partial charge is 0.471 e. The quantitative estimate of drug-likeness (QED) is 0.298. The number of ether oxygens (including phenoxy) is 2. The van der Waals surface area contributed by atoms with E-state index in [1.165, 1.54) is 16.2 Å². The zero-order valence-corrected chi connectivity index (χ0v) is 27.8. The van der Waals surface area contributed by atoms with Crippen molar-refractivity contribution in [2.45, 2.75) is 109 Å². The van der Waals surface area contributed by atoms with Crippen LogP contribution in [0.3, 0.4) is 0 Å². The molecule has 3 N–H and O–H groups in total. The molecular weight excluding hydrogens is 610 g/mol. The Hall–Kier alpha value is -3.78. The Kier molecular flexibility index (Phi) is 8.94. The van der Waals surface area contributed by atoms with Crippen molar-refractivity contribution in [3.63, 3.8) is 0 Å². The molecule has 4 atom stereocenters. The highest BCUT2D eigenvalue weighted by Gasteiger charge is 2.45. The van der Waals surface area contributed by atoms with Gasteiger partial charge in [-0.2, -0.15) is 10.1 Å². The maximum absolute atomic E-state index is 13.9. The van der Waals surface area contributed by atoms with Gasteiger partial charge in [0.05, 0.1) is 23.8 Å². The van der Waals surface area contributed by atoms with Crippen LogP contribution in [0.1, 0.15) is 71.4 Å². The summed E-state index contributed by atoms with van der Waals surface area (Å²) < 4.78 is 14.6. The van der Waals surface area contributed by atoms with E-state index in [0.29, 0.717) is 24.0 Å². The van der Waals surface area contributed by atoms with E-state index in [0.717, 1.165) is 53.7 Å². The number of carbonyl (C=O) groups excluding carboxylic acids is 3. The number of thiophene rings is 1. The van der Waals surface area contributed by atoms with Gasteiger partial charge < -0.3 is 25.2 Å². The molecule has 2 saturated carbocycles. The summed E-state index contributed by atoms with van der Waals surface area (Å²) in [5.41, 5.74) is 1.50. The van der Waals surface area contributed by atoms with E-state index in [9.17, 15) is 19.5 Å². The molecular formula is C32H43N7O6S. The van der Waals surface area contributed by atoms with Gasteiger partial charge in [-0.1, -0.05) is 19.3 Å². The number of aliphatic hydroxyl groups excluding tert-OH is 1. The number of carbonyl (C=O) groups is 3. The van der Waals surface area contributed by atoms with Gasteiger partial charge in [0, 0.05) is 19.5 Å². The van der Waals surface area contributed by atoms with Crippen molar-refractivity contribution in [3.8, 4) is 17.4 Å². The third-order valence-corrected chi connectivity index (χ3v) is 9.58. The minimum absolute atomic E-state index is 0.0802. The van der Waals surface area contributed by atoms with Gasteiger partial charge in [-0.3, -0.25) is 19.2 Å². The molecule has 6 rings (SSSR count). The van der Waals surface area contributed by atoms with E-state index in [1.54, 1.807) is 25.5 Å². The molecule has 4 unspecified atom stereocenters. The van der Waals surface area contributed by atoms with E-state index in [-0.39, 0.29) is 19.0 Å². The summed E-state index contributed by atoms with van der Waals surface area (Å²) in [7, 11) is 1.83. The van der Waals surface area contributed by atoms with Gasteiger partial charge in [0.15, 0.2) is 11.9 Å². The van der Waals surface area contributed by atoms with Crippen LogP contribution in [-0.2, 0) is 21.4 Å². The molecule has 0 spiro atoms. The number of fused-ring (bicyclic) bond motifs is 1. The summed E-state index contributed by atoms with van der Waals surface area (Å²) in [4.78, 5) is 51.0. The van der Waals surface area contributed by atoms with Crippen molar-refractivity contribution in [1.82, 2.24) is 35.3 Å². The first-order valence-corrected chi connectivity index (χ1v) is 16.9. The van der Waals surface area contributed by atoms with E-state index in [2.05, 4.69) is 15.7 Å². The third kappa shape index (κ3) is 7.27. The molecule has 1 saturated heterocycles. The summed E-state index contributed by atoms with van der Waals surface area (Å²) in [5, 5.41) is 23.2. The first kappa shape index (κ1) is 32.2. The number of rotatable bonds is 10. The summed E-state index contributed by atoms with van der Waals surface area (Å²) >= 11 is 1.45. The maximum atomic E-state index is 13.9. The van der Waals surface area contributed by atoms with E-state index < -0.39 is 47.8 Å². The third-order valence-electron chi connectivity index (χ3n) is 8.69. The van der Waals surface area contributed by atoms with Crippen LogP contribution in [0.5, 0.6) is 5.88 Å². The summed E-state index contributed by atoms with van der Waals surface area (Å²) in [6.07, 6.45) is 2.88. The van der Waals surface area contributed by atoms with E-state index >= 15 is 0 Å². The van der Waals surface area contributed by atoms with Crippen molar-refractivity contribution >= 4 is 39.5 Å². The van der Waals surface area contributed by atoms with Crippen LogP contribution in [0.15, 0.2) is 17.5 Å². The zero-order valence-electron chi connectivity index (χ0n) is 27.0. The number of aryl methyl sites for hydroxylation is 2. The van der Waals surface area contributed by atoms with Crippen molar-refractivity contribution in [1.29, 1.82) is 0 Å². The fraction of sp³-hybridized carbons (Fsp3) is 0.625. The Morgan fingerprint density at radius 2 is 1.93 bits per heavy atom. The number of aliphatic hydroxyl groups is 1. The lowest BCUT2D eigenvalue weighted by Crippen LogP contribution is -2.56. The SMILES string of the molecule is Cc1cc(-c2nc(OC3CC(C(=O)NC(CC4CCC4)C(O)C(=O)NC4CC4)N(C(=O)OC(C)(C)C)C3)c3sccc3n2)n(C)n1. The number of hydrogen-bond donors (Lipinski definition) is 3. The Morgan fingerprint density at radius 3 is 2.57 bits per heavy atom. The lowest BCUT2D eigenvalue weighted by Gasteiger charge is -2.33. The minimum Gasteiger partial charge on any atom is -0.471 e. The summed E-state index contributed by atoms with van der Waals surface area (Å²) in [5.74, 6) is 0.191. The Labute approximate surface area is 272 Å². The molecule has 248 valence electrons. The van der Waals surface area contributed by atoms with Crippen molar-refractivity contribution < 1.29 is 29.0 Å². The molecule has 3 amide bonds. The van der Waals surface area contributed by atoms with Crippen molar-refractivity contribution in [2.75, 3.05) is 6.54 Å². The predicted molar refractivity (Wildman–Crippen MR) is 171 cm³/mol. The molecule has 3 aliphatic rings. The van der Waals surface area contributed by atoms with Crippen molar-refractivity contribution in [2.24, 2.45) is 13.0 Å². The molecule has 3 fully saturated rings. The normalized spacial score (nSPS) is 21.5. The molecule has 4 heterocycles. The first-order chi connectivity index (χ1) is 21.8. The summed E-state index contributed by atoms with van der Waals surface area (Å²) in [6, 6.07) is 2.15. The maximum Gasteiger partial charge on any atom is 0.411 e. The van der Waals surface area contributed by atoms with Gasteiger partial charge in [-0.15, -0.1) is 11.3 Å². The molecule has 14 heteroatoms. The van der Waals surface area contributed by atoms with Crippen LogP contribution in [0.25, 0.3) is 21.7 Å². The Balaban J connectivity index is 1.24. The van der Waals surface area contributed by atoms with Gasteiger partial charge in [0.2, 0.25) is 11.8 Å². The molecule has 2 aliphatic carbocycles. The highest BCUT2D eigenvalue weighted by atomic mass is 32.1. The highest BCUT2D eigenvalue weighted by Crippen LogP contribution is 2.35. The lowest BCUT2D eigenvalue weighted by molar-refractivity contribution is -0.134. The van der Waals surface area contributed by atoms with E-state index in [1.807, 2.05) is 31.5 Å². The molecule has 3 aromatic heterocycles. The molecule has 13 nitrogen and oxygen atoms in total. The molecule has 3 aromatic rings. The topological polar surface area (TPSA) is 161 Å². The molecule has 0 bridgehead atoms. The smallest absolute Gasteiger partial charge is 0.411 e. The second-order valence-electron chi connectivity index (χ2n) is 13.8. The molecule has 1 aliphatic heterocycles. The van der Waals surface area contributed by atoms with Crippen LogP contribution < -0.4 is 15.4 Å². The predicted octanol–water partition coefficient (Wildman–Crippen LogP) is 3.47. The lowest BCUT2D eigenvalue weighted by atomic mass is 9.79. The number of aromatic nitrogens is 4. The average Bonchev–Trinajstić information content (AvgIpc) is 3.32. The number of hydrogen-bond acceptors (Lipinski definition) is 10. The minimum atomic E-state index is -1.39. The van der Waals surface area contributed by atoms with E-state index in [4.69, 9.17) is 19.4 Å². The standard InChI is InChI=1S/C32H43N7O6S/c1-17-13-23(38(5)37-17)27-34-21-11-12-46-26(21)30(36-27)44-20-15-24(39(16-20)31(43)45-32(2,3)4)28(41)35-22(14-18-7-6-8-18)25(40)29(42)33-19-9-10-19/h11-13,18-20,22,24-25,40H,6-10,14-16H2,1-5H3,(H,33,42)(H,35,41). The molecule has 46 heavy (non-hydrogen) atoms. The average molecular weight is 654 g/mol. The van der Waals surface area contributed by atoms with Gasteiger partial charge in [0.25, 0.3) is 5.91 Å². The van der Waals surface area contributed by atoms with Crippen LogP contribution in [0.2, 0.25) is 0 Å². The highest BCUT2D eigenvalue weighted by molar-refractivity contribution is 7.17. The fourth-order valence-electron chi connectivity index (χ4n) is 5.99. The zero-order chi connectivity index (χ0) is 32.7. The number of amides is 3. The van der Waals surface area contributed by atoms with Crippen LogP contribution in [0, 0.1) is 12.8 Å². The Morgan fingerprint density at radius 1 is 1.17 bits per heavy atom. The van der Waals surface area contributed by atoms with Crippen LogP contribution >= 0.6 is 11.3 Å². The van der Waals surface area contributed by atoms with Gasteiger partial charge in [-0.05, 0) is 70.4 Å². The van der Waals surface area contributed by atoms with Crippen LogP contribution in [-0.4, -0.2) is 90.1 Å². The summed E-state index contributed by atoms with van der Waals surface area (Å²) in [6.45, 7) is 7.28.